The first-order chi connectivity index (χ1) is 9.26. The lowest BCUT2D eigenvalue weighted by molar-refractivity contribution is -0.274. The van der Waals surface area contributed by atoms with Crippen molar-refractivity contribution in [1.29, 1.82) is 0 Å². The number of anilines is 1. The van der Waals surface area contributed by atoms with Crippen molar-refractivity contribution >= 4 is 17.6 Å². The Morgan fingerprint density at radius 2 is 1.80 bits per heavy atom. The van der Waals surface area contributed by atoms with E-state index in [1.807, 2.05) is 5.48 Å². The SMILES string of the molecule is NC(=O)CONC(=O)Nc1ccc(OC(F)(F)F)cc1. The fourth-order valence-electron chi connectivity index (χ4n) is 1.07. The third-order valence-electron chi connectivity index (χ3n) is 1.73. The summed E-state index contributed by atoms with van der Waals surface area (Å²) in [5.41, 5.74) is 6.80. The summed E-state index contributed by atoms with van der Waals surface area (Å²) in [6.07, 6.45) is -4.78. The van der Waals surface area contributed by atoms with Crippen LogP contribution in [0.15, 0.2) is 24.3 Å². The minimum Gasteiger partial charge on any atom is -0.406 e. The highest BCUT2D eigenvalue weighted by molar-refractivity contribution is 5.88. The Bertz CT molecular complexity index is 476. The predicted octanol–water partition coefficient (Wildman–Crippen LogP) is 1.12. The van der Waals surface area contributed by atoms with Crippen LogP contribution in [0.25, 0.3) is 0 Å². The Morgan fingerprint density at radius 3 is 2.30 bits per heavy atom. The zero-order valence-corrected chi connectivity index (χ0v) is 9.86. The average molecular weight is 293 g/mol. The summed E-state index contributed by atoms with van der Waals surface area (Å²) in [7, 11) is 0. The molecule has 0 saturated carbocycles. The molecule has 0 fully saturated rings. The molecular weight excluding hydrogens is 283 g/mol. The first-order valence-corrected chi connectivity index (χ1v) is 5.09. The topological polar surface area (TPSA) is 103 Å². The molecule has 0 atom stereocenters. The molecule has 0 aromatic heterocycles. The molecule has 3 amide bonds. The number of halogens is 3. The van der Waals surface area contributed by atoms with Gasteiger partial charge in [0.15, 0.2) is 6.61 Å². The molecule has 7 nitrogen and oxygen atoms in total. The van der Waals surface area contributed by atoms with E-state index in [0.29, 0.717) is 0 Å². The molecule has 0 aliphatic rings. The Kier molecular flexibility index (Phi) is 5.15. The number of primary amides is 1. The van der Waals surface area contributed by atoms with Crippen molar-refractivity contribution in [3.05, 3.63) is 24.3 Å². The number of hydrogen-bond donors (Lipinski definition) is 3. The number of ether oxygens (including phenoxy) is 1. The van der Waals surface area contributed by atoms with Gasteiger partial charge in [0.1, 0.15) is 5.75 Å². The number of hydroxylamine groups is 1. The number of carbonyl (C=O) groups excluding carboxylic acids is 2. The summed E-state index contributed by atoms with van der Waals surface area (Å²) in [5, 5.41) is 2.24. The minimum absolute atomic E-state index is 0.194. The van der Waals surface area contributed by atoms with Crippen molar-refractivity contribution in [3.8, 4) is 5.75 Å². The van der Waals surface area contributed by atoms with Crippen molar-refractivity contribution in [1.82, 2.24) is 5.48 Å². The molecule has 0 radical (unpaired) electrons. The van der Waals surface area contributed by atoms with Gasteiger partial charge in [0.05, 0.1) is 0 Å². The van der Waals surface area contributed by atoms with Crippen LogP contribution < -0.4 is 21.3 Å². The van der Waals surface area contributed by atoms with Gasteiger partial charge >= 0.3 is 12.4 Å². The van der Waals surface area contributed by atoms with Crippen molar-refractivity contribution < 1.29 is 32.3 Å². The van der Waals surface area contributed by atoms with Gasteiger partial charge in [-0.1, -0.05) is 0 Å². The number of nitrogens with two attached hydrogens (primary N) is 1. The Morgan fingerprint density at radius 1 is 1.20 bits per heavy atom. The molecule has 20 heavy (non-hydrogen) atoms. The van der Waals surface area contributed by atoms with E-state index in [2.05, 4.69) is 14.9 Å². The molecule has 0 spiro atoms. The molecule has 110 valence electrons. The Balaban J connectivity index is 2.45. The van der Waals surface area contributed by atoms with Crippen molar-refractivity contribution in [2.45, 2.75) is 6.36 Å². The molecule has 0 heterocycles. The maximum absolute atomic E-state index is 11.9. The van der Waals surface area contributed by atoms with Gasteiger partial charge < -0.3 is 15.8 Å². The second-order valence-electron chi connectivity index (χ2n) is 3.38. The molecular formula is C10H10F3N3O4. The summed E-state index contributed by atoms with van der Waals surface area (Å²) < 4.78 is 39.3. The van der Waals surface area contributed by atoms with Crippen LogP contribution >= 0.6 is 0 Å². The van der Waals surface area contributed by atoms with Crippen LogP contribution in [0.5, 0.6) is 5.75 Å². The number of carbonyl (C=O) groups is 2. The lowest BCUT2D eigenvalue weighted by Gasteiger charge is -2.10. The number of hydrogen-bond acceptors (Lipinski definition) is 4. The summed E-state index contributed by atoms with van der Waals surface area (Å²) >= 11 is 0. The highest BCUT2D eigenvalue weighted by Gasteiger charge is 2.30. The average Bonchev–Trinajstić information content (AvgIpc) is 2.29. The smallest absolute Gasteiger partial charge is 0.406 e. The first-order valence-electron chi connectivity index (χ1n) is 5.09. The van der Waals surface area contributed by atoms with Crippen LogP contribution in [0.4, 0.5) is 23.7 Å². The maximum atomic E-state index is 11.9. The first kappa shape index (κ1) is 15.6. The van der Waals surface area contributed by atoms with Gasteiger partial charge in [-0.05, 0) is 24.3 Å². The zero-order valence-electron chi connectivity index (χ0n) is 9.86. The number of alkyl halides is 3. The molecule has 4 N–H and O–H groups in total. The number of urea groups is 1. The van der Waals surface area contributed by atoms with Gasteiger partial charge in [0.25, 0.3) is 0 Å². The standard InChI is InChI=1S/C10H10F3N3O4/c11-10(12,13)20-7-3-1-6(2-4-7)15-9(18)16-19-5-8(14)17/h1-4H,5H2,(H2,14,17)(H2,15,16,18). The van der Waals surface area contributed by atoms with Crippen LogP contribution in [0, 0.1) is 0 Å². The molecule has 0 unspecified atom stereocenters. The molecule has 1 aromatic rings. The van der Waals surface area contributed by atoms with Crippen LogP contribution in [-0.4, -0.2) is 24.9 Å². The zero-order chi connectivity index (χ0) is 15.2. The van der Waals surface area contributed by atoms with Crippen LogP contribution in [0.1, 0.15) is 0 Å². The molecule has 0 bridgehead atoms. The molecule has 0 aliphatic heterocycles. The van der Waals surface area contributed by atoms with E-state index >= 15 is 0 Å². The quantitative estimate of drug-likeness (QED) is 0.708. The van der Waals surface area contributed by atoms with Gasteiger partial charge in [-0.3, -0.25) is 9.63 Å². The van der Waals surface area contributed by atoms with E-state index in [1.165, 1.54) is 12.1 Å². The lowest BCUT2D eigenvalue weighted by atomic mass is 10.3. The summed E-state index contributed by atoms with van der Waals surface area (Å²) in [6.45, 7) is -0.508. The molecule has 1 aromatic carbocycles. The lowest BCUT2D eigenvalue weighted by Crippen LogP contribution is -2.32. The van der Waals surface area contributed by atoms with Crippen molar-refractivity contribution in [2.75, 3.05) is 11.9 Å². The van der Waals surface area contributed by atoms with Gasteiger partial charge in [0, 0.05) is 5.69 Å². The third kappa shape index (κ3) is 6.44. The van der Waals surface area contributed by atoms with E-state index < -0.39 is 30.7 Å². The highest BCUT2D eigenvalue weighted by Crippen LogP contribution is 2.23. The Hall–Kier alpha value is -2.49. The minimum atomic E-state index is -4.78. The summed E-state index contributed by atoms with van der Waals surface area (Å²) in [5.74, 6) is -1.20. The monoisotopic (exact) mass is 293 g/mol. The maximum Gasteiger partial charge on any atom is 0.573 e. The van der Waals surface area contributed by atoms with Crippen molar-refractivity contribution in [2.24, 2.45) is 5.73 Å². The third-order valence-corrected chi connectivity index (χ3v) is 1.73. The van der Waals surface area contributed by atoms with Gasteiger partial charge in [-0.2, -0.15) is 0 Å². The van der Waals surface area contributed by atoms with E-state index in [1.54, 1.807) is 0 Å². The second-order valence-corrected chi connectivity index (χ2v) is 3.38. The fourth-order valence-corrected chi connectivity index (χ4v) is 1.07. The van der Waals surface area contributed by atoms with Crippen LogP contribution in [0.2, 0.25) is 0 Å². The molecule has 1 rings (SSSR count). The van der Waals surface area contributed by atoms with E-state index in [4.69, 9.17) is 5.73 Å². The van der Waals surface area contributed by atoms with Gasteiger partial charge in [0.2, 0.25) is 5.91 Å². The molecule has 10 heteroatoms. The van der Waals surface area contributed by atoms with Gasteiger partial charge in [-0.15, -0.1) is 13.2 Å². The highest BCUT2D eigenvalue weighted by atomic mass is 19.4. The normalized spacial score (nSPS) is 10.8. The number of benzene rings is 1. The summed E-state index contributed by atoms with van der Waals surface area (Å²) in [6, 6.07) is 3.60. The fraction of sp³-hybridized carbons (Fsp3) is 0.200. The number of rotatable bonds is 5. The van der Waals surface area contributed by atoms with E-state index in [9.17, 15) is 22.8 Å². The molecule has 0 aliphatic carbocycles. The van der Waals surface area contributed by atoms with Crippen molar-refractivity contribution in [3.63, 3.8) is 0 Å². The van der Waals surface area contributed by atoms with Crippen LogP contribution in [-0.2, 0) is 9.63 Å². The second kappa shape index (κ2) is 6.61. The number of nitrogens with one attached hydrogen (secondary N) is 2. The largest absolute Gasteiger partial charge is 0.573 e. The van der Waals surface area contributed by atoms with E-state index in [0.717, 1.165) is 12.1 Å². The van der Waals surface area contributed by atoms with Crippen LogP contribution in [0.3, 0.4) is 0 Å². The summed E-state index contributed by atoms with van der Waals surface area (Å²) in [4.78, 5) is 25.9. The molecule has 0 saturated heterocycles. The van der Waals surface area contributed by atoms with Gasteiger partial charge in [-0.25, -0.2) is 10.3 Å². The predicted molar refractivity (Wildman–Crippen MR) is 60.4 cm³/mol. The Labute approximate surface area is 110 Å². The number of amides is 3. The van der Waals surface area contributed by atoms with E-state index in [-0.39, 0.29) is 5.69 Å².